The van der Waals surface area contributed by atoms with Crippen molar-refractivity contribution in [3.05, 3.63) is 48.9 Å². The van der Waals surface area contributed by atoms with E-state index in [9.17, 15) is 44.0 Å². The fraction of sp³-hybridized carbons (Fsp3) is 0.694. The molecule has 1 aromatic heterocycles. The van der Waals surface area contributed by atoms with Crippen molar-refractivity contribution in [2.75, 3.05) is 0 Å². The second-order valence-electron chi connectivity index (χ2n) is 16.7. The summed E-state index contributed by atoms with van der Waals surface area (Å²) in [6, 6.07) is 7.00. The van der Waals surface area contributed by atoms with Gasteiger partial charge in [0, 0.05) is 5.56 Å². The van der Waals surface area contributed by atoms with Crippen LogP contribution in [-0.4, -0.2) is 71.9 Å². The first-order valence-electron chi connectivity index (χ1n) is 18.4. The van der Waals surface area contributed by atoms with Crippen molar-refractivity contribution in [3.63, 3.8) is 0 Å². The number of phenolic OH excluding ortho intramolecular Hbond substituents is 1. The van der Waals surface area contributed by atoms with Crippen LogP contribution in [0.15, 0.2) is 48.9 Å². The Hall–Kier alpha value is -2.42. The molecule has 1 heterocycles. The summed E-state index contributed by atoms with van der Waals surface area (Å²) >= 11 is 0. The number of aromatic nitrogens is 2. The Morgan fingerprint density at radius 3 is 2.06 bits per heavy atom. The van der Waals surface area contributed by atoms with Gasteiger partial charge >= 0.3 is 31.2 Å². The van der Waals surface area contributed by atoms with Crippen molar-refractivity contribution in [3.8, 4) is 17.0 Å². The van der Waals surface area contributed by atoms with Crippen LogP contribution >= 0.6 is 0 Å². The van der Waals surface area contributed by atoms with E-state index in [4.69, 9.17) is 12.5 Å². The van der Waals surface area contributed by atoms with Crippen LogP contribution in [0.3, 0.4) is 0 Å². The van der Waals surface area contributed by atoms with Crippen molar-refractivity contribution in [1.82, 2.24) is 9.55 Å². The number of phenols is 1. The molecule has 4 aliphatic carbocycles. The minimum absolute atomic E-state index is 0.00844. The van der Waals surface area contributed by atoms with Crippen LogP contribution in [0, 0.1) is 46.3 Å². The molecule has 12 unspecified atom stereocenters. The van der Waals surface area contributed by atoms with Gasteiger partial charge in [-0.25, -0.2) is 17.5 Å². The van der Waals surface area contributed by atoms with Crippen LogP contribution < -0.4 is 0 Å². The average molecular weight is 817 g/mol. The second-order valence-corrected chi connectivity index (χ2v) is 19.9. The summed E-state index contributed by atoms with van der Waals surface area (Å²) < 4.78 is 118. The number of allylic oxidation sites excluding steroid dienone is 1. The zero-order chi connectivity index (χ0) is 39.6. The predicted molar refractivity (Wildman–Crippen MR) is 197 cm³/mol. The molecule has 4 N–H and O–H groups in total. The van der Waals surface area contributed by atoms with Crippen LogP contribution in [0.1, 0.15) is 91.5 Å². The van der Waals surface area contributed by atoms with E-state index in [0.717, 1.165) is 48.9 Å². The molecule has 0 spiro atoms. The summed E-state index contributed by atoms with van der Waals surface area (Å²) in [7, 11) is -15.1. The zero-order valence-corrected chi connectivity index (χ0v) is 33.3. The normalized spacial score (nSPS) is 35.4. The van der Waals surface area contributed by atoms with Crippen molar-refractivity contribution < 1.29 is 56.6 Å². The molecule has 0 saturated heterocycles. The van der Waals surface area contributed by atoms with Crippen LogP contribution in [0.2, 0.25) is 0 Å². The van der Waals surface area contributed by atoms with Crippen molar-refractivity contribution in [2.45, 2.75) is 110 Å². The van der Waals surface area contributed by atoms with Gasteiger partial charge in [0.25, 0.3) is 0 Å². The van der Waals surface area contributed by atoms with Gasteiger partial charge in [-0.2, -0.15) is 25.3 Å². The molecule has 1 aromatic carbocycles. The maximum atomic E-state index is 12.2. The standard InChI is InChI=1S/C36H52N2O13S3/c1-21(2)30(38-20-37-19-31(38)23-7-9-24(39)10-8-23)13-6-22(3)26-11-12-27-25-16-32(49-52(40,41)42)29-17-33(50-53(43,44)45)34(51-54(46,47)48)18-36(29,5)28(25)14-15-35(26,27)4/h7-10,19-20,22,25-30,32-34,39H,1,6,11-18H2,2-5H3,(H,40,41,42)(H,43,44,45)(H,46,47,48). The van der Waals surface area contributed by atoms with Crippen molar-refractivity contribution in [1.29, 1.82) is 0 Å². The largest absolute Gasteiger partial charge is 0.508 e. The van der Waals surface area contributed by atoms with Gasteiger partial charge in [-0.3, -0.25) is 13.7 Å². The molecule has 6 rings (SSSR count). The van der Waals surface area contributed by atoms with E-state index in [2.05, 4.69) is 30.0 Å². The molecule has 15 nitrogen and oxygen atoms in total. The van der Waals surface area contributed by atoms with Crippen molar-refractivity contribution >= 4 is 31.2 Å². The highest BCUT2D eigenvalue weighted by molar-refractivity contribution is 7.81. The minimum atomic E-state index is -5.11. The van der Waals surface area contributed by atoms with Crippen LogP contribution in [0.4, 0.5) is 0 Å². The van der Waals surface area contributed by atoms with E-state index in [-0.39, 0.29) is 54.2 Å². The Kier molecular flexibility index (Phi) is 11.3. The Morgan fingerprint density at radius 2 is 1.44 bits per heavy atom. The summed E-state index contributed by atoms with van der Waals surface area (Å²) in [5.41, 5.74) is 1.86. The number of hydrogen-bond donors (Lipinski definition) is 4. The fourth-order valence-corrected chi connectivity index (χ4v) is 13.2. The molecule has 0 amide bonds. The Balaban J connectivity index is 1.24. The maximum Gasteiger partial charge on any atom is 0.397 e. The van der Waals surface area contributed by atoms with Gasteiger partial charge in [-0.15, -0.1) is 0 Å². The first-order valence-corrected chi connectivity index (χ1v) is 22.5. The summed E-state index contributed by atoms with van der Waals surface area (Å²) in [4.78, 5) is 4.44. The predicted octanol–water partition coefficient (Wildman–Crippen LogP) is 6.23. The molecule has 0 radical (unpaired) electrons. The lowest BCUT2D eigenvalue weighted by Gasteiger charge is -2.63. The van der Waals surface area contributed by atoms with Crippen LogP contribution in [0.5, 0.6) is 5.75 Å². The number of benzene rings is 1. The van der Waals surface area contributed by atoms with E-state index in [1.54, 1.807) is 12.1 Å². The summed E-state index contributed by atoms with van der Waals surface area (Å²) in [6.45, 7) is 12.8. The maximum absolute atomic E-state index is 12.2. The SMILES string of the molecule is C=C(C)C(CCC(C)C1CCC2C3CC(OS(=O)(=O)O)C4CC(OS(=O)(=O)O)C(OS(=O)(=O)O)CC4(C)C3CCC12C)n1cncc1-c1ccc(O)cc1. The number of fused-ring (bicyclic) bond motifs is 5. The Morgan fingerprint density at radius 1 is 0.852 bits per heavy atom. The van der Waals surface area contributed by atoms with E-state index in [0.29, 0.717) is 18.3 Å². The Labute approximate surface area is 318 Å². The number of rotatable bonds is 13. The van der Waals surface area contributed by atoms with E-state index >= 15 is 0 Å². The molecule has 4 fully saturated rings. The zero-order valence-electron chi connectivity index (χ0n) is 30.9. The van der Waals surface area contributed by atoms with Gasteiger partial charge in [-0.1, -0.05) is 32.9 Å². The lowest BCUT2D eigenvalue weighted by molar-refractivity contribution is -0.184. The number of hydrogen-bond acceptors (Lipinski definition) is 11. The highest BCUT2D eigenvalue weighted by Gasteiger charge is 2.65. The van der Waals surface area contributed by atoms with Gasteiger partial charge < -0.3 is 9.67 Å². The van der Waals surface area contributed by atoms with Gasteiger partial charge in [-0.05, 0) is 135 Å². The quantitative estimate of drug-likeness (QED) is 0.130. The van der Waals surface area contributed by atoms with E-state index < -0.39 is 60.8 Å². The molecule has 4 aliphatic rings. The van der Waals surface area contributed by atoms with Crippen LogP contribution in [-0.2, 0) is 43.7 Å². The topological polar surface area (TPSA) is 229 Å². The molecule has 2 aromatic rings. The lowest BCUT2D eigenvalue weighted by atomic mass is 9.43. The fourth-order valence-electron chi connectivity index (χ4n) is 11.7. The highest BCUT2D eigenvalue weighted by Crippen LogP contribution is 2.69. The molecule has 12 atom stereocenters. The summed E-state index contributed by atoms with van der Waals surface area (Å²) in [6.07, 6.45) is 4.40. The number of aromatic hydroxyl groups is 1. The highest BCUT2D eigenvalue weighted by atomic mass is 32.3. The first-order chi connectivity index (χ1) is 25.0. The van der Waals surface area contributed by atoms with E-state index in [1.165, 1.54) is 0 Å². The Bertz CT molecular complexity index is 2040. The lowest BCUT2D eigenvalue weighted by Crippen LogP contribution is -2.62. The van der Waals surface area contributed by atoms with Gasteiger partial charge in [0.15, 0.2) is 0 Å². The summed E-state index contributed by atoms with van der Waals surface area (Å²) in [5.74, 6) is 0.0927. The molecule has 18 heteroatoms. The van der Waals surface area contributed by atoms with Gasteiger partial charge in [0.1, 0.15) is 18.0 Å². The summed E-state index contributed by atoms with van der Waals surface area (Å²) in [5, 5.41) is 9.81. The number of nitrogens with zero attached hydrogens (tertiary/aromatic N) is 2. The number of imidazole rings is 1. The third-order valence-corrected chi connectivity index (χ3v) is 15.2. The smallest absolute Gasteiger partial charge is 0.397 e. The average Bonchev–Trinajstić information content (AvgIpc) is 3.65. The van der Waals surface area contributed by atoms with Gasteiger partial charge in [0.05, 0.1) is 30.4 Å². The monoisotopic (exact) mass is 816 g/mol. The molecule has 54 heavy (non-hydrogen) atoms. The molecule has 302 valence electrons. The van der Waals surface area contributed by atoms with Gasteiger partial charge in [0.2, 0.25) is 0 Å². The first kappa shape index (κ1) is 41.2. The third kappa shape index (κ3) is 8.46. The van der Waals surface area contributed by atoms with E-state index in [1.807, 2.05) is 38.5 Å². The molecular weight excluding hydrogens is 765 g/mol. The molecule has 0 bridgehead atoms. The third-order valence-electron chi connectivity index (χ3n) is 13.8. The van der Waals surface area contributed by atoms with Crippen molar-refractivity contribution in [2.24, 2.45) is 46.3 Å². The molecule has 0 aliphatic heterocycles. The minimum Gasteiger partial charge on any atom is -0.508 e. The molecular formula is C36H52N2O13S3. The van der Waals surface area contributed by atoms with Crippen LogP contribution in [0.25, 0.3) is 11.3 Å². The second kappa shape index (κ2) is 14.8. The molecule has 4 saturated carbocycles.